The molecule has 0 bridgehead atoms. The summed E-state index contributed by atoms with van der Waals surface area (Å²) in [5.41, 5.74) is 0. The Morgan fingerprint density at radius 3 is 2.25 bits per heavy atom. The monoisotopic (exact) mass is 113 g/mol. The summed E-state index contributed by atoms with van der Waals surface area (Å²) in [6.07, 6.45) is 0. The molecule has 2 rings (SSSR count). The Hall–Kier alpha value is -0.120. The van der Waals surface area contributed by atoms with Gasteiger partial charge in [0.2, 0.25) is 0 Å². The van der Waals surface area contributed by atoms with Gasteiger partial charge >= 0.3 is 0 Å². The van der Waals surface area contributed by atoms with Gasteiger partial charge in [0.25, 0.3) is 0 Å². The van der Waals surface area contributed by atoms with Crippen LogP contribution in [0, 0.1) is 0 Å². The molecule has 0 radical (unpaired) electrons. The molecule has 0 unspecified atom stereocenters. The largest absolute Gasteiger partial charge is 0.295 e. The Kier molecular flexibility index (Phi) is 0.848. The molecule has 2 fully saturated rings. The molecule has 2 aliphatic heterocycles. The smallest absolute Gasteiger partial charge is 0.0379 e. The highest BCUT2D eigenvalue weighted by atomic mass is 15.5. The lowest BCUT2D eigenvalue weighted by Crippen LogP contribution is -2.57. The number of rotatable bonds is 1. The average Bonchev–Trinajstić information content (AvgIpc) is 2.37. The number of nitrogens with two attached hydrogens (primary N) is 1. The van der Waals surface area contributed by atoms with Crippen molar-refractivity contribution in [1.29, 1.82) is 0 Å². The van der Waals surface area contributed by atoms with E-state index in [1.807, 2.05) is 5.01 Å². The summed E-state index contributed by atoms with van der Waals surface area (Å²) in [5, 5.41) is 1.86. The molecule has 3 heteroatoms. The average molecular weight is 113 g/mol. The van der Waals surface area contributed by atoms with Crippen LogP contribution in [0.3, 0.4) is 0 Å². The standard InChI is InChI=1S/C5H11N3/c6-8-3-5(4-8)7-1-2-7/h5H,1-4,6H2. The highest BCUT2D eigenvalue weighted by molar-refractivity contribution is 4.91. The molecule has 2 saturated heterocycles. The van der Waals surface area contributed by atoms with Gasteiger partial charge in [0, 0.05) is 32.2 Å². The second kappa shape index (κ2) is 1.43. The van der Waals surface area contributed by atoms with E-state index in [-0.39, 0.29) is 0 Å². The molecule has 46 valence electrons. The van der Waals surface area contributed by atoms with Crippen LogP contribution in [0.2, 0.25) is 0 Å². The summed E-state index contributed by atoms with van der Waals surface area (Å²) in [6, 6.07) is 0.806. The van der Waals surface area contributed by atoms with E-state index in [1.54, 1.807) is 0 Å². The van der Waals surface area contributed by atoms with Gasteiger partial charge in [-0.05, 0) is 0 Å². The maximum Gasteiger partial charge on any atom is 0.0379 e. The van der Waals surface area contributed by atoms with Crippen LogP contribution in [0.15, 0.2) is 0 Å². The van der Waals surface area contributed by atoms with Crippen molar-refractivity contribution in [3.8, 4) is 0 Å². The third-order valence-corrected chi connectivity index (χ3v) is 1.89. The van der Waals surface area contributed by atoms with Crippen LogP contribution < -0.4 is 5.84 Å². The first-order valence-electron chi connectivity index (χ1n) is 3.10. The molecule has 0 atom stereocenters. The summed E-state index contributed by atoms with van der Waals surface area (Å²) in [7, 11) is 0. The summed E-state index contributed by atoms with van der Waals surface area (Å²) in [6.45, 7) is 4.77. The van der Waals surface area contributed by atoms with Crippen LogP contribution in [0.25, 0.3) is 0 Å². The van der Waals surface area contributed by atoms with Crippen molar-refractivity contribution in [2.45, 2.75) is 6.04 Å². The Morgan fingerprint density at radius 2 is 1.88 bits per heavy atom. The van der Waals surface area contributed by atoms with Gasteiger partial charge in [-0.3, -0.25) is 10.7 Å². The maximum atomic E-state index is 5.44. The number of nitrogens with zero attached hydrogens (tertiary/aromatic N) is 2. The van der Waals surface area contributed by atoms with Gasteiger partial charge in [0.1, 0.15) is 0 Å². The minimum absolute atomic E-state index is 0.806. The van der Waals surface area contributed by atoms with Crippen LogP contribution in [-0.4, -0.2) is 42.1 Å². The topological polar surface area (TPSA) is 32.3 Å². The van der Waals surface area contributed by atoms with E-state index in [1.165, 1.54) is 13.1 Å². The van der Waals surface area contributed by atoms with Gasteiger partial charge in [-0.2, -0.15) is 0 Å². The van der Waals surface area contributed by atoms with Crippen molar-refractivity contribution in [3.05, 3.63) is 0 Å². The van der Waals surface area contributed by atoms with Crippen molar-refractivity contribution in [2.24, 2.45) is 5.84 Å². The van der Waals surface area contributed by atoms with Gasteiger partial charge in [0.05, 0.1) is 0 Å². The minimum atomic E-state index is 0.806. The summed E-state index contributed by atoms with van der Waals surface area (Å²) >= 11 is 0. The van der Waals surface area contributed by atoms with Crippen LogP contribution in [0.5, 0.6) is 0 Å². The number of hydrogen-bond acceptors (Lipinski definition) is 3. The van der Waals surface area contributed by atoms with E-state index in [4.69, 9.17) is 5.84 Å². The first-order valence-corrected chi connectivity index (χ1v) is 3.10. The molecule has 0 saturated carbocycles. The minimum Gasteiger partial charge on any atom is -0.295 e. The highest BCUT2D eigenvalue weighted by Crippen LogP contribution is 2.17. The number of hydrogen-bond donors (Lipinski definition) is 1. The third kappa shape index (κ3) is 0.632. The van der Waals surface area contributed by atoms with Crippen molar-refractivity contribution >= 4 is 0 Å². The SMILES string of the molecule is NN1CC(N2CC2)C1. The van der Waals surface area contributed by atoms with E-state index in [0.717, 1.165) is 19.1 Å². The Labute approximate surface area is 49.0 Å². The normalized spacial score (nSPS) is 32.6. The lowest BCUT2D eigenvalue weighted by Gasteiger charge is -2.36. The maximum absolute atomic E-state index is 5.44. The fourth-order valence-corrected chi connectivity index (χ4v) is 1.14. The molecule has 2 heterocycles. The first-order chi connectivity index (χ1) is 3.86. The second-order valence-corrected chi connectivity index (χ2v) is 2.64. The highest BCUT2D eigenvalue weighted by Gasteiger charge is 2.35. The van der Waals surface area contributed by atoms with Gasteiger partial charge in [-0.25, -0.2) is 5.01 Å². The van der Waals surface area contributed by atoms with Crippen molar-refractivity contribution in [2.75, 3.05) is 26.2 Å². The van der Waals surface area contributed by atoms with E-state index in [0.29, 0.717) is 0 Å². The Balaban J connectivity index is 1.78. The van der Waals surface area contributed by atoms with Crippen LogP contribution >= 0.6 is 0 Å². The predicted octanol–water partition coefficient (Wildman–Crippen LogP) is -1.14. The Morgan fingerprint density at radius 1 is 1.25 bits per heavy atom. The summed E-state index contributed by atoms with van der Waals surface area (Å²) in [4.78, 5) is 2.45. The molecule has 0 aliphatic carbocycles. The first kappa shape index (κ1) is 4.73. The van der Waals surface area contributed by atoms with Gasteiger partial charge in [-0.1, -0.05) is 0 Å². The fraction of sp³-hybridized carbons (Fsp3) is 1.00. The van der Waals surface area contributed by atoms with E-state index in [2.05, 4.69) is 4.90 Å². The van der Waals surface area contributed by atoms with Crippen molar-refractivity contribution in [1.82, 2.24) is 9.91 Å². The quantitative estimate of drug-likeness (QED) is 0.344. The third-order valence-electron chi connectivity index (χ3n) is 1.89. The fourth-order valence-electron chi connectivity index (χ4n) is 1.14. The van der Waals surface area contributed by atoms with Gasteiger partial charge in [0.15, 0.2) is 0 Å². The molecular formula is C5H11N3. The molecule has 0 aromatic carbocycles. The molecule has 2 aliphatic rings. The lowest BCUT2D eigenvalue weighted by molar-refractivity contribution is 0.0929. The molecule has 0 aromatic heterocycles. The predicted molar refractivity (Wildman–Crippen MR) is 31.1 cm³/mol. The van der Waals surface area contributed by atoms with Crippen LogP contribution in [0.4, 0.5) is 0 Å². The molecule has 0 spiro atoms. The van der Waals surface area contributed by atoms with E-state index in [9.17, 15) is 0 Å². The molecule has 3 nitrogen and oxygen atoms in total. The van der Waals surface area contributed by atoms with E-state index < -0.39 is 0 Å². The zero-order valence-electron chi connectivity index (χ0n) is 4.88. The van der Waals surface area contributed by atoms with Crippen LogP contribution in [-0.2, 0) is 0 Å². The number of hydrazine groups is 1. The van der Waals surface area contributed by atoms with Gasteiger partial charge < -0.3 is 0 Å². The van der Waals surface area contributed by atoms with Crippen LogP contribution in [0.1, 0.15) is 0 Å². The summed E-state index contributed by atoms with van der Waals surface area (Å²) in [5.74, 6) is 5.44. The second-order valence-electron chi connectivity index (χ2n) is 2.64. The molecule has 8 heavy (non-hydrogen) atoms. The molecule has 0 aromatic rings. The molecule has 2 N–H and O–H groups in total. The Bertz CT molecular complexity index is 93.8. The van der Waals surface area contributed by atoms with Crippen molar-refractivity contribution < 1.29 is 0 Å². The van der Waals surface area contributed by atoms with E-state index >= 15 is 0 Å². The van der Waals surface area contributed by atoms with Gasteiger partial charge in [-0.15, -0.1) is 0 Å². The zero-order valence-corrected chi connectivity index (χ0v) is 4.88. The summed E-state index contributed by atoms with van der Waals surface area (Å²) < 4.78 is 0. The zero-order chi connectivity index (χ0) is 5.56. The molecule has 0 amide bonds. The van der Waals surface area contributed by atoms with Crippen molar-refractivity contribution in [3.63, 3.8) is 0 Å². The lowest BCUT2D eigenvalue weighted by atomic mass is 10.2. The molecular weight excluding hydrogens is 102 g/mol.